The van der Waals surface area contributed by atoms with Crippen LogP contribution in [0.5, 0.6) is 0 Å². The van der Waals surface area contributed by atoms with E-state index in [1.165, 1.54) is 24.3 Å². The van der Waals surface area contributed by atoms with Crippen molar-refractivity contribution in [3.8, 4) is 0 Å². The number of carbonyl (C=O) groups excluding carboxylic acids is 1. The SMILES string of the molecule is O=C1NC(=S)S/C1=C/c1ccccc1C(F)(F)F. The molecule has 0 spiro atoms. The maximum Gasteiger partial charge on any atom is 0.416 e. The predicted molar refractivity (Wildman–Crippen MR) is 67.8 cm³/mol. The van der Waals surface area contributed by atoms with Crippen LogP contribution in [0.1, 0.15) is 11.1 Å². The number of nitrogens with one attached hydrogen (secondary N) is 1. The van der Waals surface area contributed by atoms with E-state index in [0.717, 1.165) is 17.8 Å². The van der Waals surface area contributed by atoms with Gasteiger partial charge in [-0.1, -0.05) is 42.2 Å². The van der Waals surface area contributed by atoms with Crippen molar-refractivity contribution in [1.29, 1.82) is 0 Å². The summed E-state index contributed by atoms with van der Waals surface area (Å²) in [5.41, 5.74) is -0.823. The smallest absolute Gasteiger partial charge is 0.307 e. The average molecular weight is 289 g/mol. The van der Waals surface area contributed by atoms with Crippen LogP contribution in [0.2, 0.25) is 0 Å². The third kappa shape index (κ3) is 2.73. The summed E-state index contributed by atoms with van der Waals surface area (Å²) >= 11 is 5.72. The lowest BCUT2D eigenvalue weighted by atomic mass is 10.1. The maximum absolute atomic E-state index is 12.7. The Morgan fingerprint density at radius 3 is 2.50 bits per heavy atom. The van der Waals surface area contributed by atoms with Gasteiger partial charge in [0.05, 0.1) is 10.5 Å². The molecule has 94 valence electrons. The first-order valence-corrected chi connectivity index (χ1v) is 6.01. The highest BCUT2D eigenvalue weighted by atomic mass is 32.2. The zero-order valence-corrected chi connectivity index (χ0v) is 10.4. The molecule has 2 nitrogen and oxygen atoms in total. The minimum Gasteiger partial charge on any atom is -0.307 e. The fourth-order valence-electron chi connectivity index (χ4n) is 1.44. The van der Waals surface area contributed by atoms with Crippen LogP contribution >= 0.6 is 24.0 Å². The molecule has 0 unspecified atom stereocenters. The van der Waals surface area contributed by atoms with Gasteiger partial charge in [0, 0.05) is 0 Å². The molecule has 1 aromatic carbocycles. The van der Waals surface area contributed by atoms with Crippen LogP contribution in [0.15, 0.2) is 29.2 Å². The highest BCUT2D eigenvalue weighted by Crippen LogP contribution is 2.34. The Morgan fingerprint density at radius 2 is 1.94 bits per heavy atom. The summed E-state index contributed by atoms with van der Waals surface area (Å²) in [6.45, 7) is 0. The Morgan fingerprint density at radius 1 is 1.28 bits per heavy atom. The van der Waals surface area contributed by atoms with Gasteiger partial charge in [-0.05, 0) is 17.7 Å². The van der Waals surface area contributed by atoms with Crippen molar-refractivity contribution in [2.24, 2.45) is 0 Å². The molecule has 0 bridgehead atoms. The highest BCUT2D eigenvalue weighted by molar-refractivity contribution is 8.26. The van der Waals surface area contributed by atoms with E-state index in [0.29, 0.717) is 0 Å². The van der Waals surface area contributed by atoms with Crippen molar-refractivity contribution in [2.45, 2.75) is 6.18 Å². The summed E-state index contributed by atoms with van der Waals surface area (Å²) in [5.74, 6) is -0.470. The summed E-state index contributed by atoms with van der Waals surface area (Å²) in [5, 5.41) is 2.35. The Hall–Kier alpha value is -1.34. The number of thioether (sulfide) groups is 1. The topological polar surface area (TPSA) is 29.1 Å². The van der Waals surface area contributed by atoms with Gasteiger partial charge in [-0.15, -0.1) is 0 Å². The normalized spacial score (nSPS) is 18.3. The first kappa shape index (κ1) is 13.1. The van der Waals surface area contributed by atoms with E-state index in [9.17, 15) is 18.0 Å². The molecule has 0 radical (unpaired) electrons. The van der Waals surface area contributed by atoms with Crippen LogP contribution in [0.25, 0.3) is 6.08 Å². The van der Waals surface area contributed by atoms with E-state index in [-0.39, 0.29) is 14.8 Å². The molecule has 0 aliphatic carbocycles. The first-order chi connectivity index (χ1) is 8.38. The lowest BCUT2D eigenvalue weighted by molar-refractivity contribution is -0.137. The van der Waals surface area contributed by atoms with E-state index in [4.69, 9.17) is 12.2 Å². The number of hydrogen-bond donors (Lipinski definition) is 1. The van der Waals surface area contributed by atoms with Gasteiger partial charge in [-0.3, -0.25) is 4.79 Å². The molecule has 1 heterocycles. The molecular weight excluding hydrogens is 283 g/mol. The Balaban J connectivity index is 2.44. The van der Waals surface area contributed by atoms with Crippen molar-refractivity contribution in [2.75, 3.05) is 0 Å². The van der Waals surface area contributed by atoms with Crippen molar-refractivity contribution in [3.63, 3.8) is 0 Å². The summed E-state index contributed by atoms with van der Waals surface area (Å²) < 4.78 is 38.4. The van der Waals surface area contributed by atoms with Crippen LogP contribution in [0.3, 0.4) is 0 Å². The van der Waals surface area contributed by atoms with Gasteiger partial charge >= 0.3 is 6.18 Å². The van der Waals surface area contributed by atoms with Gasteiger partial charge in [0.1, 0.15) is 4.32 Å². The number of thiocarbonyl (C=S) groups is 1. The van der Waals surface area contributed by atoms with Crippen LogP contribution in [0.4, 0.5) is 13.2 Å². The zero-order valence-electron chi connectivity index (χ0n) is 8.75. The lowest BCUT2D eigenvalue weighted by Gasteiger charge is -2.09. The number of hydrogen-bond acceptors (Lipinski definition) is 3. The lowest BCUT2D eigenvalue weighted by Crippen LogP contribution is -2.17. The molecule has 2 rings (SSSR count). The molecule has 0 atom stereocenters. The largest absolute Gasteiger partial charge is 0.416 e. The van der Waals surface area contributed by atoms with Crippen LogP contribution in [-0.2, 0) is 11.0 Å². The third-order valence-electron chi connectivity index (χ3n) is 2.19. The summed E-state index contributed by atoms with van der Waals surface area (Å²) in [6, 6.07) is 5.07. The minimum atomic E-state index is -4.45. The second-order valence-electron chi connectivity index (χ2n) is 3.44. The van der Waals surface area contributed by atoms with Crippen LogP contribution < -0.4 is 5.32 Å². The quantitative estimate of drug-likeness (QED) is 0.636. The molecule has 1 amide bonds. The Kier molecular flexibility index (Phi) is 3.45. The number of amides is 1. The summed E-state index contributed by atoms with van der Waals surface area (Å²) in [6.07, 6.45) is -3.25. The molecule has 0 aromatic heterocycles. The molecule has 1 N–H and O–H groups in total. The number of carbonyl (C=O) groups is 1. The molecule has 7 heteroatoms. The Bertz CT molecular complexity index is 551. The van der Waals surface area contributed by atoms with Gasteiger partial charge in [0.2, 0.25) is 0 Å². The van der Waals surface area contributed by atoms with Crippen molar-refractivity contribution in [3.05, 3.63) is 40.3 Å². The van der Waals surface area contributed by atoms with E-state index in [1.54, 1.807) is 0 Å². The van der Waals surface area contributed by atoms with Crippen LogP contribution in [0, 0.1) is 0 Å². The molecular formula is C11H6F3NOS2. The van der Waals surface area contributed by atoms with Gasteiger partial charge in [-0.2, -0.15) is 13.2 Å². The molecule has 1 aliphatic rings. The Labute approximate surface area is 110 Å². The van der Waals surface area contributed by atoms with E-state index < -0.39 is 17.6 Å². The molecule has 1 saturated heterocycles. The first-order valence-electron chi connectivity index (χ1n) is 4.79. The number of halogens is 3. The fourth-order valence-corrected chi connectivity index (χ4v) is 2.48. The number of benzene rings is 1. The zero-order chi connectivity index (χ0) is 13.3. The third-order valence-corrected chi connectivity index (χ3v) is 3.36. The molecule has 1 aromatic rings. The van der Waals surface area contributed by atoms with E-state index in [2.05, 4.69) is 5.32 Å². The van der Waals surface area contributed by atoms with E-state index in [1.807, 2.05) is 0 Å². The van der Waals surface area contributed by atoms with Crippen molar-refractivity contribution >= 4 is 40.3 Å². The average Bonchev–Trinajstić information content (AvgIpc) is 2.57. The highest BCUT2D eigenvalue weighted by Gasteiger charge is 2.33. The summed E-state index contributed by atoms with van der Waals surface area (Å²) in [4.78, 5) is 11.5. The van der Waals surface area contributed by atoms with Gasteiger partial charge in [0.15, 0.2) is 0 Å². The van der Waals surface area contributed by atoms with Crippen molar-refractivity contribution in [1.82, 2.24) is 5.32 Å². The standard InChI is InChI=1S/C11H6F3NOS2/c12-11(13,14)7-4-2-1-3-6(7)5-8-9(16)15-10(17)18-8/h1-5H,(H,15,16,17)/b8-5+. The molecule has 1 fully saturated rings. The predicted octanol–water partition coefficient (Wildman–Crippen LogP) is 3.19. The number of rotatable bonds is 1. The fraction of sp³-hybridized carbons (Fsp3) is 0.0909. The molecule has 1 aliphatic heterocycles. The van der Waals surface area contributed by atoms with E-state index >= 15 is 0 Å². The monoisotopic (exact) mass is 289 g/mol. The second kappa shape index (κ2) is 4.74. The molecule has 0 saturated carbocycles. The van der Waals surface area contributed by atoms with Gasteiger partial charge in [0.25, 0.3) is 5.91 Å². The summed E-state index contributed by atoms with van der Waals surface area (Å²) in [7, 11) is 0. The van der Waals surface area contributed by atoms with Gasteiger partial charge in [-0.25, -0.2) is 0 Å². The number of alkyl halides is 3. The minimum absolute atomic E-state index is 0.0487. The van der Waals surface area contributed by atoms with Crippen molar-refractivity contribution < 1.29 is 18.0 Å². The second-order valence-corrected chi connectivity index (χ2v) is 5.16. The molecule has 18 heavy (non-hydrogen) atoms. The van der Waals surface area contributed by atoms with Crippen LogP contribution in [-0.4, -0.2) is 10.2 Å². The maximum atomic E-state index is 12.7. The van der Waals surface area contributed by atoms with Gasteiger partial charge < -0.3 is 5.32 Å².